The second-order valence-corrected chi connectivity index (χ2v) is 6.59. The van der Waals surface area contributed by atoms with Crippen LogP contribution in [0.25, 0.3) is 10.9 Å². The van der Waals surface area contributed by atoms with Crippen molar-refractivity contribution in [3.05, 3.63) is 47.9 Å². The van der Waals surface area contributed by atoms with Crippen LogP contribution in [0.5, 0.6) is 0 Å². The molecule has 4 rings (SSSR count). The van der Waals surface area contributed by atoms with Gasteiger partial charge in [-0.2, -0.15) is 10.2 Å². The number of nitrogens with zero attached hydrogens (tertiary/aromatic N) is 5. The predicted octanol–water partition coefficient (Wildman–Crippen LogP) is 1.93. The minimum Gasteiger partial charge on any atom is -0.370 e. The number of hydrogen-bond acceptors (Lipinski definition) is 4. The van der Waals surface area contributed by atoms with E-state index in [0.29, 0.717) is 26.1 Å². The highest BCUT2D eigenvalue weighted by molar-refractivity contribution is 5.87. The first-order valence-corrected chi connectivity index (χ1v) is 8.98. The number of ether oxygens (including phenoxy) is 1. The molecule has 0 spiro atoms. The van der Waals surface area contributed by atoms with E-state index in [0.717, 1.165) is 28.7 Å². The monoisotopic (exact) mass is 353 g/mol. The molecule has 1 saturated heterocycles. The zero-order chi connectivity index (χ0) is 18.1. The van der Waals surface area contributed by atoms with Crippen LogP contribution in [0.4, 0.5) is 0 Å². The Morgan fingerprint density at radius 2 is 2.19 bits per heavy atom. The molecule has 3 heterocycles. The first-order chi connectivity index (χ1) is 12.7. The Balaban J connectivity index is 1.49. The summed E-state index contributed by atoms with van der Waals surface area (Å²) in [6, 6.07) is 8.01. The minimum absolute atomic E-state index is 0.0880. The highest BCUT2D eigenvalue weighted by Gasteiger charge is 2.27. The fraction of sp³-hybridized carbons (Fsp3) is 0.421. The van der Waals surface area contributed by atoms with Crippen molar-refractivity contribution in [2.45, 2.75) is 26.0 Å². The van der Waals surface area contributed by atoms with Gasteiger partial charge in [0.1, 0.15) is 6.10 Å². The van der Waals surface area contributed by atoms with E-state index < -0.39 is 0 Å². The zero-order valence-electron chi connectivity index (χ0n) is 15.1. The third-order valence-electron chi connectivity index (χ3n) is 4.92. The number of carbonyl (C=O) groups excluding carboxylic acids is 1. The maximum absolute atomic E-state index is 12.9. The molecule has 7 heteroatoms. The topological polar surface area (TPSA) is 65.2 Å². The number of benzene rings is 1. The number of hydrogen-bond donors (Lipinski definition) is 0. The minimum atomic E-state index is -0.117. The van der Waals surface area contributed by atoms with Crippen molar-refractivity contribution in [2.75, 3.05) is 19.7 Å². The van der Waals surface area contributed by atoms with Gasteiger partial charge in [0.05, 0.1) is 37.0 Å². The molecule has 0 saturated carbocycles. The van der Waals surface area contributed by atoms with Gasteiger partial charge in [0, 0.05) is 37.3 Å². The van der Waals surface area contributed by atoms with Crippen LogP contribution in [0.15, 0.2) is 36.7 Å². The van der Waals surface area contributed by atoms with Crippen LogP contribution >= 0.6 is 0 Å². The van der Waals surface area contributed by atoms with Gasteiger partial charge in [-0.1, -0.05) is 18.2 Å². The molecule has 0 bridgehead atoms. The Kier molecular flexibility index (Phi) is 4.46. The Hall–Kier alpha value is -2.67. The Morgan fingerprint density at radius 1 is 1.35 bits per heavy atom. The van der Waals surface area contributed by atoms with E-state index in [1.807, 2.05) is 64.9 Å². The molecule has 0 radical (unpaired) electrons. The fourth-order valence-corrected chi connectivity index (χ4v) is 3.47. The van der Waals surface area contributed by atoms with E-state index in [1.54, 1.807) is 0 Å². The number of para-hydroxylation sites is 1. The van der Waals surface area contributed by atoms with Gasteiger partial charge in [0.25, 0.3) is 0 Å². The van der Waals surface area contributed by atoms with Crippen molar-refractivity contribution in [1.29, 1.82) is 0 Å². The van der Waals surface area contributed by atoms with Crippen molar-refractivity contribution in [2.24, 2.45) is 7.05 Å². The molecule has 2 aromatic heterocycles. The predicted molar refractivity (Wildman–Crippen MR) is 97.6 cm³/mol. The Morgan fingerprint density at radius 3 is 3.00 bits per heavy atom. The summed E-state index contributed by atoms with van der Waals surface area (Å²) in [6.45, 7) is 4.57. The fourth-order valence-electron chi connectivity index (χ4n) is 3.47. The molecule has 3 aromatic rings. The summed E-state index contributed by atoms with van der Waals surface area (Å²) in [5, 5.41) is 9.88. The van der Waals surface area contributed by atoms with Crippen molar-refractivity contribution in [3.8, 4) is 0 Å². The lowest BCUT2D eigenvalue weighted by Crippen LogP contribution is -2.43. The molecule has 136 valence electrons. The van der Waals surface area contributed by atoms with Crippen molar-refractivity contribution in [3.63, 3.8) is 0 Å². The number of aromatic nitrogens is 4. The van der Waals surface area contributed by atoms with Crippen LogP contribution in [0.2, 0.25) is 0 Å². The van der Waals surface area contributed by atoms with Gasteiger partial charge in [-0.05, 0) is 13.0 Å². The maximum Gasteiger partial charge on any atom is 0.228 e. The molecular formula is C19H23N5O2. The van der Waals surface area contributed by atoms with Crippen molar-refractivity contribution in [1.82, 2.24) is 24.5 Å². The average molecular weight is 353 g/mol. The molecule has 0 N–H and O–H groups in total. The number of morpholine rings is 1. The maximum atomic E-state index is 12.9. The first-order valence-electron chi connectivity index (χ1n) is 8.98. The Labute approximate surface area is 152 Å². The largest absolute Gasteiger partial charge is 0.370 e. The summed E-state index contributed by atoms with van der Waals surface area (Å²) in [5.74, 6) is 0.0880. The van der Waals surface area contributed by atoms with E-state index >= 15 is 0 Å². The van der Waals surface area contributed by atoms with Crippen LogP contribution in [0.3, 0.4) is 0 Å². The lowest BCUT2D eigenvalue weighted by atomic mass is 10.1. The third-order valence-corrected chi connectivity index (χ3v) is 4.92. The molecule has 0 unspecified atom stereocenters. The van der Waals surface area contributed by atoms with E-state index in [2.05, 4.69) is 10.2 Å². The highest BCUT2D eigenvalue weighted by atomic mass is 16.5. The lowest BCUT2D eigenvalue weighted by molar-refractivity contribution is -0.138. The molecule has 1 aliphatic rings. The molecule has 7 nitrogen and oxygen atoms in total. The smallest absolute Gasteiger partial charge is 0.228 e. The number of aryl methyl sites for hydroxylation is 2. The number of carbonyl (C=O) groups is 1. The van der Waals surface area contributed by atoms with Crippen LogP contribution in [0.1, 0.15) is 24.3 Å². The van der Waals surface area contributed by atoms with Crippen molar-refractivity contribution >= 4 is 16.8 Å². The molecule has 1 amide bonds. The van der Waals surface area contributed by atoms with Gasteiger partial charge in [-0.15, -0.1) is 0 Å². The van der Waals surface area contributed by atoms with Crippen LogP contribution in [-0.2, 0) is 29.5 Å². The highest BCUT2D eigenvalue weighted by Crippen LogP contribution is 2.23. The number of amides is 1. The molecule has 1 aromatic carbocycles. The molecular weight excluding hydrogens is 330 g/mol. The van der Waals surface area contributed by atoms with E-state index in [4.69, 9.17) is 4.74 Å². The second-order valence-electron chi connectivity index (χ2n) is 6.59. The van der Waals surface area contributed by atoms with Crippen LogP contribution in [0, 0.1) is 0 Å². The van der Waals surface area contributed by atoms with E-state index in [9.17, 15) is 4.79 Å². The van der Waals surface area contributed by atoms with Gasteiger partial charge in [-0.25, -0.2) is 0 Å². The second kappa shape index (κ2) is 6.92. The summed E-state index contributed by atoms with van der Waals surface area (Å²) in [7, 11) is 1.91. The van der Waals surface area contributed by atoms with Gasteiger partial charge >= 0.3 is 0 Å². The van der Waals surface area contributed by atoms with Crippen LogP contribution in [-0.4, -0.2) is 50.1 Å². The SMILES string of the molecule is CCn1cc([C@H]2CN(C(=O)Cc3nn(C)c4ccccc34)CCO2)cn1. The molecule has 1 aliphatic heterocycles. The van der Waals surface area contributed by atoms with Crippen LogP contribution < -0.4 is 0 Å². The van der Waals surface area contributed by atoms with E-state index in [1.165, 1.54) is 0 Å². The molecule has 1 atom stereocenters. The standard InChI is InChI=1S/C19H23N5O2/c1-3-24-12-14(11-20-24)18-13-23(8-9-26-18)19(25)10-16-15-6-4-5-7-17(15)22(2)21-16/h4-7,11-12,18H,3,8-10,13H2,1-2H3/t18-/m1/s1. The van der Waals surface area contributed by atoms with Gasteiger partial charge in [-0.3, -0.25) is 14.2 Å². The summed E-state index contributed by atoms with van der Waals surface area (Å²) in [5.41, 5.74) is 2.89. The quantitative estimate of drug-likeness (QED) is 0.719. The summed E-state index contributed by atoms with van der Waals surface area (Å²) in [6.07, 6.45) is 4.01. The van der Waals surface area contributed by atoms with E-state index in [-0.39, 0.29) is 12.0 Å². The summed E-state index contributed by atoms with van der Waals surface area (Å²) in [4.78, 5) is 14.7. The van der Waals surface area contributed by atoms with Gasteiger partial charge < -0.3 is 9.64 Å². The van der Waals surface area contributed by atoms with Gasteiger partial charge in [0.2, 0.25) is 5.91 Å². The summed E-state index contributed by atoms with van der Waals surface area (Å²) < 4.78 is 9.57. The normalized spacial score (nSPS) is 17.8. The molecule has 26 heavy (non-hydrogen) atoms. The first kappa shape index (κ1) is 16.8. The molecule has 0 aliphatic carbocycles. The number of rotatable bonds is 4. The zero-order valence-corrected chi connectivity index (χ0v) is 15.1. The Bertz CT molecular complexity index is 929. The van der Waals surface area contributed by atoms with Gasteiger partial charge in [0.15, 0.2) is 0 Å². The summed E-state index contributed by atoms with van der Waals surface area (Å²) >= 11 is 0. The number of fused-ring (bicyclic) bond motifs is 1. The van der Waals surface area contributed by atoms with Crippen molar-refractivity contribution < 1.29 is 9.53 Å². The lowest BCUT2D eigenvalue weighted by Gasteiger charge is -2.32. The average Bonchev–Trinajstić information content (AvgIpc) is 3.28. The molecule has 1 fully saturated rings. The third kappa shape index (κ3) is 3.10.